The van der Waals surface area contributed by atoms with Crippen molar-refractivity contribution in [2.75, 3.05) is 6.54 Å². The minimum absolute atomic E-state index is 1.02. The van der Waals surface area contributed by atoms with Crippen LogP contribution in [0.1, 0.15) is 20.3 Å². The summed E-state index contributed by atoms with van der Waals surface area (Å²) in [6.45, 7) is 8.81. The van der Waals surface area contributed by atoms with Gasteiger partial charge in [0.15, 0.2) is 0 Å². The molecular weight excluding hydrogens is 134 g/mol. The first-order chi connectivity index (χ1) is 5.35. The molecule has 1 nitrogen and oxygen atoms in total. The number of hydrogen-bond donors (Lipinski definition) is 1. The van der Waals surface area contributed by atoms with E-state index in [2.05, 4.69) is 18.8 Å². The Bertz CT molecular complexity index is 154. The van der Waals surface area contributed by atoms with Crippen LogP contribution in [0.25, 0.3) is 0 Å². The smallest absolute Gasteiger partial charge is 0.0336 e. The summed E-state index contributed by atoms with van der Waals surface area (Å²) in [6.07, 6.45) is 8.95. The standard InChI is InChI=1S/C10H17N/c1-4-7-10(8-5-2)11-9-6-3/h4-5,7-8,11H,1,6,9H2,2-3H3/b8-5?,10-7+. The van der Waals surface area contributed by atoms with E-state index >= 15 is 0 Å². The first-order valence-electron chi connectivity index (χ1n) is 4.04. The van der Waals surface area contributed by atoms with Crippen molar-refractivity contribution in [3.05, 3.63) is 36.6 Å². The Labute approximate surface area is 69.5 Å². The lowest BCUT2D eigenvalue weighted by Crippen LogP contribution is -2.11. The highest BCUT2D eigenvalue weighted by Crippen LogP contribution is 1.92. The number of rotatable bonds is 5. The van der Waals surface area contributed by atoms with Gasteiger partial charge in [-0.3, -0.25) is 0 Å². The molecule has 0 unspecified atom stereocenters. The zero-order valence-corrected chi connectivity index (χ0v) is 7.43. The molecule has 1 heteroatoms. The number of allylic oxidation sites excluding steroid dienone is 4. The van der Waals surface area contributed by atoms with Crippen molar-refractivity contribution in [2.24, 2.45) is 0 Å². The topological polar surface area (TPSA) is 12.0 Å². The lowest BCUT2D eigenvalue weighted by Gasteiger charge is -2.03. The van der Waals surface area contributed by atoms with Crippen LogP contribution in [0.3, 0.4) is 0 Å². The van der Waals surface area contributed by atoms with Crippen LogP contribution < -0.4 is 5.32 Å². The molecule has 0 amide bonds. The molecule has 0 aliphatic carbocycles. The summed E-state index contributed by atoms with van der Waals surface area (Å²) in [4.78, 5) is 0. The number of hydrogen-bond acceptors (Lipinski definition) is 1. The molecule has 0 rings (SSSR count). The fourth-order valence-electron chi connectivity index (χ4n) is 0.749. The third-order valence-electron chi connectivity index (χ3n) is 1.22. The zero-order chi connectivity index (χ0) is 8.53. The van der Waals surface area contributed by atoms with E-state index in [4.69, 9.17) is 0 Å². The molecular formula is C10H17N. The van der Waals surface area contributed by atoms with Crippen LogP contribution >= 0.6 is 0 Å². The summed E-state index contributed by atoms with van der Waals surface area (Å²) in [5.74, 6) is 0. The molecule has 0 saturated heterocycles. The molecule has 0 saturated carbocycles. The van der Waals surface area contributed by atoms with Gasteiger partial charge in [-0.2, -0.15) is 0 Å². The van der Waals surface area contributed by atoms with Crippen molar-refractivity contribution in [1.82, 2.24) is 5.32 Å². The Balaban J connectivity index is 3.89. The van der Waals surface area contributed by atoms with Crippen molar-refractivity contribution < 1.29 is 0 Å². The number of nitrogens with one attached hydrogen (secondary N) is 1. The van der Waals surface area contributed by atoms with Crippen molar-refractivity contribution >= 4 is 0 Å². The van der Waals surface area contributed by atoms with E-state index in [9.17, 15) is 0 Å². The molecule has 0 spiro atoms. The third kappa shape index (κ3) is 5.46. The molecule has 1 N–H and O–H groups in total. The van der Waals surface area contributed by atoms with Gasteiger partial charge in [0, 0.05) is 12.2 Å². The quantitative estimate of drug-likeness (QED) is 0.596. The lowest BCUT2D eigenvalue weighted by atomic mass is 10.3. The Hall–Kier alpha value is -0.980. The fraction of sp³-hybridized carbons (Fsp3) is 0.400. The Morgan fingerprint density at radius 2 is 2.27 bits per heavy atom. The van der Waals surface area contributed by atoms with E-state index in [1.807, 2.05) is 25.2 Å². The summed E-state index contributed by atoms with van der Waals surface area (Å²) >= 11 is 0. The molecule has 62 valence electrons. The van der Waals surface area contributed by atoms with E-state index in [1.165, 1.54) is 0 Å². The zero-order valence-electron chi connectivity index (χ0n) is 7.43. The Morgan fingerprint density at radius 3 is 2.73 bits per heavy atom. The Morgan fingerprint density at radius 1 is 1.55 bits per heavy atom. The van der Waals surface area contributed by atoms with Crippen molar-refractivity contribution in [2.45, 2.75) is 20.3 Å². The van der Waals surface area contributed by atoms with Crippen LogP contribution in [0.4, 0.5) is 0 Å². The third-order valence-corrected chi connectivity index (χ3v) is 1.22. The molecule has 0 radical (unpaired) electrons. The molecule has 0 atom stereocenters. The van der Waals surface area contributed by atoms with E-state index < -0.39 is 0 Å². The van der Waals surface area contributed by atoms with Crippen LogP contribution in [0.5, 0.6) is 0 Å². The molecule has 0 aromatic rings. The fourth-order valence-corrected chi connectivity index (χ4v) is 0.749. The summed E-state index contributed by atoms with van der Waals surface area (Å²) in [6, 6.07) is 0. The minimum atomic E-state index is 1.02. The molecule has 0 aliphatic rings. The van der Waals surface area contributed by atoms with Gasteiger partial charge in [-0.05, 0) is 25.5 Å². The molecule has 11 heavy (non-hydrogen) atoms. The van der Waals surface area contributed by atoms with Gasteiger partial charge in [0.2, 0.25) is 0 Å². The minimum Gasteiger partial charge on any atom is -0.385 e. The van der Waals surface area contributed by atoms with Gasteiger partial charge >= 0.3 is 0 Å². The van der Waals surface area contributed by atoms with Crippen LogP contribution in [0.2, 0.25) is 0 Å². The highest BCUT2D eigenvalue weighted by molar-refractivity contribution is 5.20. The van der Waals surface area contributed by atoms with E-state index in [-0.39, 0.29) is 0 Å². The molecule has 0 aliphatic heterocycles. The van der Waals surface area contributed by atoms with Gasteiger partial charge in [-0.15, -0.1) is 0 Å². The normalized spacial score (nSPS) is 12.0. The average molecular weight is 151 g/mol. The van der Waals surface area contributed by atoms with E-state index in [1.54, 1.807) is 6.08 Å². The van der Waals surface area contributed by atoms with Crippen molar-refractivity contribution in [3.63, 3.8) is 0 Å². The van der Waals surface area contributed by atoms with Gasteiger partial charge < -0.3 is 5.32 Å². The molecule has 0 aromatic carbocycles. The van der Waals surface area contributed by atoms with Gasteiger partial charge in [0.25, 0.3) is 0 Å². The summed E-state index contributed by atoms with van der Waals surface area (Å²) < 4.78 is 0. The molecule has 0 fully saturated rings. The summed E-state index contributed by atoms with van der Waals surface area (Å²) in [7, 11) is 0. The van der Waals surface area contributed by atoms with Gasteiger partial charge in [-0.25, -0.2) is 0 Å². The first-order valence-corrected chi connectivity index (χ1v) is 4.04. The van der Waals surface area contributed by atoms with Crippen molar-refractivity contribution in [3.8, 4) is 0 Å². The average Bonchev–Trinajstić information content (AvgIpc) is 2.01. The largest absolute Gasteiger partial charge is 0.385 e. The lowest BCUT2D eigenvalue weighted by molar-refractivity contribution is 0.784. The van der Waals surface area contributed by atoms with Gasteiger partial charge in [-0.1, -0.05) is 25.7 Å². The predicted molar refractivity (Wildman–Crippen MR) is 51.4 cm³/mol. The van der Waals surface area contributed by atoms with Crippen molar-refractivity contribution in [1.29, 1.82) is 0 Å². The second-order valence-electron chi connectivity index (χ2n) is 2.28. The molecule has 0 aromatic heterocycles. The highest BCUT2D eigenvalue weighted by Gasteiger charge is 1.85. The van der Waals surface area contributed by atoms with Crippen LogP contribution in [-0.2, 0) is 0 Å². The molecule has 0 bridgehead atoms. The van der Waals surface area contributed by atoms with Crippen LogP contribution in [0, 0.1) is 0 Å². The van der Waals surface area contributed by atoms with Gasteiger partial charge in [0.1, 0.15) is 0 Å². The Kier molecular flexibility index (Phi) is 6.50. The summed E-state index contributed by atoms with van der Waals surface area (Å²) in [5, 5.41) is 3.27. The van der Waals surface area contributed by atoms with Crippen LogP contribution in [0.15, 0.2) is 36.6 Å². The second-order valence-corrected chi connectivity index (χ2v) is 2.28. The molecule has 0 heterocycles. The van der Waals surface area contributed by atoms with E-state index in [0.29, 0.717) is 0 Å². The SMILES string of the molecule is C=C/C=C(\C=CC)NCCC. The highest BCUT2D eigenvalue weighted by atomic mass is 14.9. The van der Waals surface area contributed by atoms with Gasteiger partial charge in [0.05, 0.1) is 0 Å². The summed E-state index contributed by atoms with van der Waals surface area (Å²) in [5.41, 5.74) is 1.13. The second kappa shape index (κ2) is 7.13. The van der Waals surface area contributed by atoms with E-state index in [0.717, 1.165) is 18.7 Å². The predicted octanol–water partition coefficient (Wildman–Crippen LogP) is 2.63. The van der Waals surface area contributed by atoms with Crippen LogP contribution in [-0.4, -0.2) is 6.54 Å². The maximum absolute atomic E-state index is 3.64. The maximum atomic E-state index is 3.64. The maximum Gasteiger partial charge on any atom is 0.0336 e. The monoisotopic (exact) mass is 151 g/mol. The first kappa shape index (κ1) is 10.0.